The van der Waals surface area contributed by atoms with Crippen LogP contribution in [0.1, 0.15) is 27.5 Å². The van der Waals surface area contributed by atoms with Crippen molar-refractivity contribution in [2.24, 2.45) is 0 Å². The smallest absolute Gasteiger partial charge is 0.255 e. The Balaban J connectivity index is 1.68. The molecule has 0 aliphatic carbocycles. The fraction of sp³-hybridized carbons (Fsp3) is 0.190. The molecule has 1 atom stereocenters. The molecule has 0 unspecified atom stereocenters. The zero-order valence-corrected chi connectivity index (χ0v) is 16.5. The summed E-state index contributed by atoms with van der Waals surface area (Å²) >= 11 is 0. The van der Waals surface area contributed by atoms with Crippen molar-refractivity contribution >= 4 is 15.7 Å². The van der Waals surface area contributed by atoms with Crippen LogP contribution in [0.15, 0.2) is 66.0 Å². The van der Waals surface area contributed by atoms with E-state index in [0.717, 1.165) is 17.4 Å². The van der Waals surface area contributed by atoms with Crippen molar-refractivity contribution in [1.29, 1.82) is 0 Å². The zero-order valence-electron chi connectivity index (χ0n) is 15.7. The summed E-state index contributed by atoms with van der Waals surface area (Å²) in [7, 11) is -3.53. The van der Waals surface area contributed by atoms with Crippen LogP contribution in [0.4, 0.5) is 0 Å². The maximum Gasteiger partial charge on any atom is 0.255 e. The molecule has 0 fully saturated rings. The number of hydrogen-bond donors (Lipinski definition) is 1. The Morgan fingerprint density at radius 2 is 1.90 bits per heavy atom. The van der Waals surface area contributed by atoms with Crippen LogP contribution in [0, 0.1) is 0 Å². The molecule has 29 heavy (non-hydrogen) atoms. The first-order valence-corrected chi connectivity index (χ1v) is 10.9. The number of carbonyl (C=O) groups is 1. The molecule has 0 saturated heterocycles. The summed E-state index contributed by atoms with van der Waals surface area (Å²) in [6, 6.07) is 15.9. The third-order valence-electron chi connectivity index (χ3n) is 4.94. The lowest BCUT2D eigenvalue weighted by molar-refractivity contribution is 0.0615. The van der Waals surface area contributed by atoms with Gasteiger partial charge in [-0.1, -0.05) is 42.5 Å². The Bertz CT molecular complexity index is 1180. The number of nitrogens with zero attached hydrogens (tertiary/aromatic N) is 3. The third-order valence-corrected chi connectivity index (χ3v) is 5.80. The molecule has 1 aromatic heterocycles. The summed E-state index contributed by atoms with van der Waals surface area (Å²) in [4.78, 5) is 22.6. The molecule has 1 aliphatic heterocycles. The lowest BCUT2D eigenvalue weighted by Gasteiger charge is -2.26. The number of amides is 1. The van der Waals surface area contributed by atoms with Gasteiger partial charge in [-0.15, -0.1) is 0 Å². The highest BCUT2D eigenvalue weighted by atomic mass is 32.2. The molecule has 1 amide bonds. The van der Waals surface area contributed by atoms with Crippen molar-refractivity contribution in [2.75, 3.05) is 12.9 Å². The molecule has 1 N–H and O–H groups in total. The first kappa shape index (κ1) is 19.2. The zero-order chi connectivity index (χ0) is 20.6. The minimum absolute atomic E-state index is 0.179. The standard InChI is InChI=1S/C21H19N3O4S/c1-29(27,28)21-22-10-9-18(23-21)15-7-8-16-12-24(20(26)17(16)11-15)19(13-25)14-5-3-2-4-6-14/h2-11,19,25H,12-13H2,1H3/t19-/m1/s1. The van der Waals surface area contributed by atoms with Crippen LogP contribution >= 0.6 is 0 Å². The Labute approximate surface area is 168 Å². The number of aromatic nitrogens is 2. The minimum Gasteiger partial charge on any atom is -0.394 e. The summed E-state index contributed by atoms with van der Waals surface area (Å²) in [5.41, 5.74) is 3.30. The number of aliphatic hydroxyl groups is 1. The van der Waals surface area contributed by atoms with Gasteiger partial charge in [0.1, 0.15) is 0 Å². The van der Waals surface area contributed by atoms with Gasteiger partial charge in [0.15, 0.2) is 0 Å². The molecule has 4 rings (SSSR count). The quantitative estimate of drug-likeness (QED) is 0.649. The van der Waals surface area contributed by atoms with Crippen molar-refractivity contribution in [3.05, 3.63) is 77.5 Å². The van der Waals surface area contributed by atoms with E-state index in [1.807, 2.05) is 36.4 Å². The Hall–Kier alpha value is -3.10. The van der Waals surface area contributed by atoms with Gasteiger partial charge in [0.25, 0.3) is 5.91 Å². The van der Waals surface area contributed by atoms with Crippen LogP contribution in [-0.2, 0) is 16.4 Å². The second-order valence-corrected chi connectivity index (χ2v) is 8.82. The molecule has 2 heterocycles. The Morgan fingerprint density at radius 1 is 1.14 bits per heavy atom. The number of sulfone groups is 1. The maximum atomic E-state index is 13.1. The fourth-order valence-corrected chi connectivity index (χ4v) is 3.99. The van der Waals surface area contributed by atoms with Gasteiger partial charge in [0.2, 0.25) is 15.0 Å². The van der Waals surface area contributed by atoms with E-state index in [1.165, 1.54) is 6.20 Å². The van der Waals surface area contributed by atoms with Gasteiger partial charge in [0.05, 0.1) is 18.3 Å². The summed E-state index contributed by atoms with van der Waals surface area (Å²) in [5, 5.41) is 9.65. The Morgan fingerprint density at radius 3 is 2.59 bits per heavy atom. The van der Waals surface area contributed by atoms with E-state index in [1.54, 1.807) is 23.1 Å². The SMILES string of the molecule is CS(=O)(=O)c1nccc(-c2ccc3c(c2)C(=O)N([C@H](CO)c2ccccc2)C3)n1. The number of hydrogen-bond acceptors (Lipinski definition) is 6. The van der Waals surface area contributed by atoms with Gasteiger partial charge in [-0.2, -0.15) is 0 Å². The molecular formula is C21H19N3O4S. The average Bonchev–Trinajstić information content (AvgIpc) is 3.05. The number of benzene rings is 2. The number of rotatable bonds is 5. The molecule has 1 aliphatic rings. The van der Waals surface area contributed by atoms with E-state index in [-0.39, 0.29) is 17.7 Å². The first-order chi connectivity index (χ1) is 13.9. The molecule has 3 aromatic rings. The van der Waals surface area contributed by atoms with E-state index in [0.29, 0.717) is 23.4 Å². The molecular weight excluding hydrogens is 390 g/mol. The van der Waals surface area contributed by atoms with Crippen LogP contribution in [0.3, 0.4) is 0 Å². The largest absolute Gasteiger partial charge is 0.394 e. The number of fused-ring (bicyclic) bond motifs is 1. The molecule has 2 aromatic carbocycles. The summed E-state index contributed by atoms with van der Waals surface area (Å²) < 4.78 is 23.5. The highest BCUT2D eigenvalue weighted by Gasteiger charge is 2.33. The van der Waals surface area contributed by atoms with E-state index in [9.17, 15) is 18.3 Å². The van der Waals surface area contributed by atoms with Gasteiger partial charge in [0, 0.05) is 30.1 Å². The first-order valence-electron chi connectivity index (χ1n) is 9.01. The predicted octanol–water partition coefficient (Wildman–Crippen LogP) is 2.24. The van der Waals surface area contributed by atoms with Crippen molar-refractivity contribution in [3.63, 3.8) is 0 Å². The van der Waals surface area contributed by atoms with Crippen LogP contribution in [-0.4, -0.2) is 47.2 Å². The van der Waals surface area contributed by atoms with E-state index < -0.39 is 15.9 Å². The van der Waals surface area contributed by atoms with Crippen molar-refractivity contribution < 1.29 is 18.3 Å². The molecule has 148 valence electrons. The van der Waals surface area contributed by atoms with Crippen LogP contribution in [0.25, 0.3) is 11.3 Å². The van der Waals surface area contributed by atoms with Crippen LogP contribution in [0.5, 0.6) is 0 Å². The molecule has 8 heteroatoms. The minimum atomic E-state index is -3.53. The lowest BCUT2D eigenvalue weighted by atomic mass is 10.0. The van der Waals surface area contributed by atoms with Gasteiger partial charge in [-0.05, 0) is 23.3 Å². The van der Waals surface area contributed by atoms with Gasteiger partial charge in [-0.3, -0.25) is 4.79 Å². The highest BCUT2D eigenvalue weighted by Crippen LogP contribution is 2.33. The monoisotopic (exact) mass is 409 g/mol. The third kappa shape index (κ3) is 3.64. The van der Waals surface area contributed by atoms with Gasteiger partial charge in [-0.25, -0.2) is 18.4 Å². The normalized spacial score (nSPS) is 14.7. The average molecular weight is 409 g/mol. The predicted molar refractivity (Wildman–Crippen MR) is 107 cm³/mol. The molecule has 0 saturated carbocycles. The van der Waals surface area contributed by atoms with E-state index >= 15 is 0 Å². The fourth-order valence-electron chi connectivity index (χ4n) is 3.47. The summed E-state index contributed by atoms with van der Waals surface area (Å²) in [6.07, 6.45) is 2.44. The van der Waals surface area contributed by atoms with E-state index in [4.69, 9.17) is 0 Å². The second-order valence-electron chi connectivity index (χ2n) is 6.91. The molecule has 0 bridgehead atoms. The molecule has 0 spiro atoms. The second kappa shape index (κ2) is 7.38. The van der Waals surface area contributed by atoms with Gasteiger partial charge < -0.3 is 10.0 Å². The van der Waals surface area contributed by atoms with Crippen LogP contribution in [0.2, 0.25) is 0 Å². The van der Waals surface area contributed by atoms with Crippen molar-refractivity contribution in [1.82, 2.24) is 14.9 Å². The topological polar surface area (TPSA) is 100 Å². The summed E-state index contributed by atoms with van der Waals surface area (Å²) in [5.74, 6) is -0.179. The molecule has 7 nitrogen and oxygen atoms in total. The van der Waals surface area contributed by atoms with Gasteiger partial charge >= 0.3 is 0 Å². The number of carbonyl (C=O) groups excluding carboxylic acids is 1. The number of aliphatic hydroxyl groups excluding tert-OH is 1. The lowest BCUT2D eigenvalue weighted by Crippen LogP contribution is -2.31. The maximum absolute atomic E-state index is 13.1. The Kier molecular flexibility index (Phi) is 4.89. The summed E-state index contributed by atoms with van der Waals surface area (Å²) in [6.45, 7) is 0.215. The van der Waals surface area contributed by atoms with E-state index in [2.05, 4.69) is 9.97 Å². The van der Waals surface area contributed by atoms with Crippen molar-refractivity contribution in [2.45, 2.75) is 17.7 Å². The van der Waals surface area contributed by atoms with Crippen molar-refractivity contribution in [3.8, 4) is 11.3 Å². The van der Waals surface area contributed by atoms with Crippen LogP contribution < -0.4 is 0 Å². The molecule has 0 radical (unpaired) electrons. The highest BCUT2D eigenvalue weighted by molar-refractivity contribution is 7.90.